The molecule has 0 saturated heterocycles. The number of nitrogens with two attached hydrogens (primary N) is 1. The average Bonchev–Trinajstić information content (AvgIpc) is 2.32. The Morgan fingerprint density at radius 3 is 2.37 bits per heavy atom. The molecule has 4 nitrogen and oxygen atoms in total. The number of amidine groups is 1. The van der Waals surface area contributed by atoms with Crippen LogP contribution < -0.4 is 11.1 Å². The summed E-state index contributed by atoms with van der Waals surface area (Å²) in [5, 5.41) is 13.8. The minimum Gasteiger partial charge on any atom is -0.409 e. The smallest absolute Gasteiger partial charge is 0.319 e. The Bertz CT molecular complexity index is 296. The molecule has 19 heavy (non-hydrogen) atoms. The third-order valence-electron chi connectivity index (χ3n) is 2.89. The van der Waals surface area contributed by atoms with Crippen molar-refractivity contribution in [2.24, 2.45) is 16.3 Å². The number of unbranched alkanes of at least 4 members (excludes halogenated alkanes) is 1. The third-order valence-corrected chi connectivity index (χ3v) is 2.89. The number of alkyl halides is 4. The van der Waals surface area contributed by atoms with Crippen LogP contribution in [0.5, 0.6) is 0 Å². The van der Waals surface area contributed by atoms with Crippen molar-refractivity contribution >= 4 is 5.84 Å². The molecule has 0 aromatic carbocycles. The Labute approximate surface area is 110 Å². The molecule has 0 spiro atoms. The van der Waals surface area contributed by atoms with Gasteiger partial charge in [-0.25, -0.2) is 8.78 Å². The van der Waals surface area contributed by atoms with E-state index in [2.05, 4.69) is 10.5 Å². The molecule has 114 valence electrons. The van der Waals surface area contributed by atoms with Crippen LogP contribution in [0.15, 0.2) is 5.16 Å². The van der Waals surface area contributed by atoms with Gasteiger partial charge < -0.3 is 16.3 Å². The second-order valence-corrected chi connectivity index (χ2v) is 5.06. The number of hydrogen-bond donors (Lipinski definition) is 3. The molecule has 0 radical (unpaired) electrons. The molecule has 4 N–H and O–H groups in total. The molecule has 0 saturated carbocycles. The predicted molar refractivity (Wildman–Crippen MR) is 64.9 cm³/mol. The van der Waals surface area contributed by atoms with Gasteiger partial charge in [0.25, 0.3) is 0 Å². The highest BCUT2D eigenvalue weighted by Gasteiger charge is 2.39. The minimum absolute atomic E-state index is 0.102. The van der Waals surface area contributed by atoms with Crippen molar-refractivity contribution in [3.8, 4) is 0 Å². The van der Waals surface area contributed by atoms with Crippen molar-refractivity contribution in [1.29, 1.82) is 0 Å². The van der Waals surface area contributed by atoms with E-state index in [9.17, 15) is 17.6 Å². The lowest BCUT2D eigenvalue weighted by molar-refractivity contribution is -0.125. The van der Waals surface area contributed by atoms with Gasteiger partial charge >= 0.3 is 12.3 Å². The number of rotatable bonds is 9. The van der Waals surface area contributed by atoms with Gasteiger partial charge in [0.1, 0.15) is 5.84 Å². The zero-order valence-corrected chi connectivity index (χ0v) is 11.1. The molecule has 0 aliphatic rings. The number of nitrogens with zero attached hydrogens (tertiary/aromatic N) is 1. The van der Waals surface area contributed by atoms with Gasteiger partial charge in [-0.15, -0.1) is 0 Å². The van der Waals surface area contributed by atoms with Crippen molar-refractivity contribution in [3.05, 3.63) is 0 Å². The highest BCUT2D eigenvalue weighted by atomic mass is 19.3. The molecule has 0 bridgehead atoms. The van der Waals surface area contributed by atoms with Crippen LogP contribution in [0.25, 0.3) is 0 Å². The fourth-order valence-corrected chi connectivity index (χ4v) is 1.41. The third kappa shape index (κ3) is 6.60. The Kier molecular flexibility index (Phi) is 7.10. The van der Waals surface area contributed by atoms with E-state index in [0.29, 0.717) is 19.3 Å². The molecule has 0 heterocycles. The summed E-state index contributed by atoms with van der Waals surface area (Å²) in [5.41, 5.74) is 5.00. The normalized spacial score (nSPS) is 14.2. The van der Waals surface area contributed by atoms with E-state index in [0.717, 1.165) is 0 Å². The van der Waals surface area contributed by atoms with Crippen molar-refractivity contribution in [3.63, 3.8) is 0 Å². The standard InChI is InChI=1S/C11H21F4N3O/c1-10(2,9(16)18-19)5-3-4-6-17-7-11(14,15)8(12)13/h8,17,19H,3-7H2,1-2H3,(H2,16,18). The number of nitrogens with one attached hydrogen (secondary N) is 1. The Balaban J connectivity index is 3.78. The molecule has 0 aromatic heterocycles. The summed E-state index contributed by atoms with van der Waals surface area (Å²) in [6, 6.07) is 0. The van der Waals surface area contributed by atoms with Gasteiger partial charge in [0.15, 0.2) is 0 Å². The summed E-state index contributed by atoms with van der Waals surface area (Å²) in [6.07, 6.45) is -1.85. The maximum Gasteiger partial charge on any atom is 0.319 e. The van der Waals surface area contributed by atoms with Gasteiger partial charge in [-0.05, 0) is 19.4 Å². The van der Waals surface area contributed by atoms with Crippen LogP contribution in [0, 0.1) is 5.41 Å². The molecular formula is C11H21F4N3O. The maximum absolute atomic E-state index is 12.5. The van der Waals surface area contributed by atoms with Crippen LogP contribution >= 0.6 is 0 Å². The van der Waals surface area contributed by atoms with E-state index in [-0.39, 0.29) is 12.4 Å². The zero-order chi connectivity index (χ0) is 15.1. The van der Waals surface area contributed by atoms with Gasteiger partial charge in [0.2, 0.25) is 0 Å². The van der Waals surface area contributed by atoms with E-state index in [1.807, 2.05) is 0 Å². The van der Waals surface area contributed by atoms with Crippen LogP contribution in [0.3, 0.4) is 0 Å². The summed E-state index contributed by atoms with van der Waals surface area (Å²) in [6.45, 7) is 2.77. The number of halogens is 4. The Hall–Kier alpha value is -1.05. The molecule has 0 aliphatic heterocycles. The Morgan fingerprint density at radius 1 is 1.32 bits per heavy atom. The van der Waals surface area contributed by atoms with Crippen LogP contribution in [0.2, 0.25) is 0 Å². The summed E-state index contributed by atoms with van der Waals surface area (Å²) in [4.78, 5) is 0. The first kappa shape index (κ1) is 17.9. The predicted octanol–water partition coefficient (Wildman–Crippen LogP) is 2.42. The zero-order valence-electron chi connectivity index (χ0n) is 11.1. The SMILES string of the molecule is CC(C)(CCCCNCC(F)(F)C(F)F)C(N)=NO. The Morgan fingerprint density at radius 2 is 1.89 bits per heavy atom. The van der Waals surface area contributed by atoms with Crippen LogP contribution in [-0.4, -0.2) is 36.5 Å². The van der Waals surface area contributed by atoms with Gasteiger partial charge in [0.05, 0.1) is 6.54 Å². The van der Waals surface area contributed by atoms with Gasteiger partial charge in [-0.1, -0.05) is 25.4 Å². The van der Waals surface area contributed by atoms with E-state index < -0.39 is 24.3 Å². The van der Waals surface area contributed by atoms with Crippen LogP contribution in [-0.2, 0) is 0 Å². The number of hydrogen-bond acceptors (Lipinski definition) is 3. The van der Waals surface area contributed by atoms with Gasteiger partial charge in [-0.2, -0.15) is 8.78 Å². The second-order valence-electron chi connectivity index (χ2n) is 5.06. The summed E-state index contributed by atoms with van der Waals surface area (Å²) >= 11 is 0. The summed E-state index contributed by atoms with van der Waals surface area (Å²) in [5.74, 6) is -3.89. The van der Waals surface area contributed by atoms with E-state index in [4.69, 9.17) is 10.9 Å². The first-order valence-corrected chi connectivity index (χ1v) is 5.98. The summed E-state index contributed by atoms with van der Waals surface area (Å²) in [7, 11) is 0. The van der Waals surface area contributed by atoms with Crippen molar-refractivity contribution in [1.82, 2.24) is 5.32 Å². The number of oxime groups is 1. The first-order chi connectivity index (χ1) is 8.63. The molecule has 8 heteroatoms. The quantitative estimate of drug-likeness (QED) is 0.152. The molecular weight excluding hydrogens is 266 g/mol. The molecule has 0 aromatic rings. The van der Waals surface area contributed by atoms with E-state index >= 15 is 0 Å². The van der Waals surface area contributed by atoms with Crippen LogP contribution in [0.4, 0.5) is 17.6 Å². The largest absolute Gasteiger partial charge is 0.409 e. The molecule has 0 amide bonds. The topological polar surface area (TPSA) is 70.6 Å². The lowest BCUT2D eigenvalue weighted by Crippen LogP contribution is -2.39. The van der Waals surface area contributed by atoms with Crippen LogP contribution in [0.1, 0.15) is 33.1 Å². The maximum atomic E-state index is 12.5. The van der Waals surface area contributed by atoms with E-state index in [1.54, 1.807) is 13.8 Å². The highest BCUT2D eigenvalue weighted by molar-refractivity contribution is 5.85. The molecule has 0 unspecified atom stereocenters. The van der Waals surface area contributed by atoms with E-state index in [1.165, 1.54) is 0 Å². The van der Waals surface area contributed by atoms with Crippen molar-refractivity contribution in [2.45, 2.75) is 45.5 Å². The summed E-state index contributed by atoms with van der Waals surface area (Å²) < 4.78 is 48.7. The fourth-order valence-electron chi connectivity index (χ4n) is 1.41. The molecule has 0 aliphatic carbocycles. The average molecular weight is 287 g/mol. The minimum atomic E-state index is -3.99. The van der Waals surface area contributed by atoms with Crippen molar-refractivity contribution < 1.29 is 22.8 Å². The lowest BCUT2D eigenvalue weighted by atomic mass is 9.86. The highest BCUT2D eigenvalue weighted by Crippen LogP contribution is 2.23. The van der Waals surface area contributed by atoms with Gasteiger partial charge in [-0.3, -0.25) is 0 Å². The lowest BCUT2D eigenvalue weighted by Gasteiger charge is -2.22. The van der Waals surface area contributed by atoms with Gasteiger partial charge in [0, 0.05) is 5.41 Å². The monoisotopic (exact) mass is 287 g/mol. The fraction of sp³-hybridized carbons (Fsp3) is 0.909. The first-order valence-electron chi connectivity index (χ1n) is 5.98. The molecule has 0 fully saturated rings. The second kappa shape index (κ2) is 7.52. The molecule has 0 rings (SSSR count). The molecule has 0 atom stereocenters. The van der Waals surface area contributed by atoms with Crippen molar-refractivity contribution in [2.75, 3.05) is 13.1 Å².